The van der Waals surface area contributed by atoms with Gasteiger partial charge in [-0.3, -0.25) is 9.69 Å². The van der Waals surface area contributed by atoms with E-state index in [1.54, 1.807) is 0 Å². The molecule has 134 valence electrons. The number of carbonyl (C=O) groups excluding carboxylic acids is 1. The van der Waals surface area contributed by atoms with E-state index < -0.39 is 0 Å². The van der Waals surface area contributed by atoms with Crippen LogP contribution >= 0.6 is 0 Å². The normalized spacial score (nSPS) is 26.8. The van der Waals surface area contributed by atoms with E-state index in [0.29, 0.717) is 5.91 Å². The zero-order chi connectivity index (χ0) is 17.3. The summed E-state index contributed by atoms with van der Waals surface area (Å²) in [5.74, 6) is 1.37. The van der Waals surface area contributed by atoms with Crippen LogP contribution in [0.3, 0.4) is 0 Å². The predicted octanol–water partition coefficient (Wildman–Crippen LogP) is 2.14. The maximum Gasteiger partial charge on any atom is 0.225 e. The maximum atomic E-state index is 12.8. The number of aryl methyl sites for hydroxylation is 2. The molecule has 2 aliphatic rings. The van der Waals surface area contributed by atoms with E-state index in [4.69, 9.17) is 9.26 Å². The van der Waals surface area contributed by atoms with Crippen molar-refractivity contribution in [2.24, 2.45) is 5.92 Å². The summed E-state index contributed by atoms with van der Waals surface area (Å²) in [6, 6.07) is 0. The number of carbonyl (C=O) groups is 1. The van der Waals surface area contributed by atoms with Crippen molar-refractivity contribution in [3.63, 3.8) is 0 Å². The van der Waals surface area contributed by atoms with Crippen LogP contribution in [0.1, 0.15) is 43.7 Å². The highest BCUT2D eigenvalue weighted by atomic mass is 16.5. The van der Waals surface area contributed by atoms with Gasteiger partial charge in [-0.1, -0.05) is 5.16 Å². The minimum Gasteiger partial charge on any atom is -0.372 e. The molecule has 0 unspecified atom stereocenters. The van der Waals surface area contributed by atoms with Crippen molar-refractivity contribution < 1.29 is 14.1 Å². The van der Waals surface area contributed by atoms with E-state index in [9.17, 15) is 4.79 Å². The maximum absolute atomic E-state index is 12.8. The second-order valence-electron chi connectivity index (χ2n) is 7.35. The smallest absolute Gasteiger partial charge is 0.225 e. The van der Waals surface area contributed by atoms with Gasteiger partial charge < -0.3 is 14.2 Å². The molecular formula is C18H29N3O3. The Kier molecular flexibility index (Phi) is 5.25. The Hall–Kier alpha value is -1.40. The number of hydrogen-bond acceptors (Lipinski definition) is 5. The lowest BCUT2D eigenvalue weighted by Crippen LogP contribution is -2.51. The third-order valence-corrected chi connectivity index (χ3v) is 5.23. The number of ether oxygens (including phenoxy) is 1. The number of nitrogens with zero attached hydrogens (tertiary/aromatic N) is 3. The molecule has 3 heterocycles. The molecule has 6 nitrogen and oxygen atoms in total. The summed E-state index contributed by atoms with van der Waals surface area (Å²) in [6.45, 7) is 12.3. The van der Waals surface area contributed by atoms with E-state index in [1.807, 2.05) is 32.6 Å². The lowest BCUT2D eigenvalue weighted by molar-refractivity contribution is -0.148. The van der Waals surface area contributed by atoms with Crippen LogP contribution in [0.4, 0.5) is 0 Å². The molecule has 0 radical (unpaired) electrons. The van der Waals surface area contributed by atoms with Gasteiger partial charge >= 0.3 is 0 Å². The first-order valence-electron chi connectivity index (χ1n) is 9.02. The fraction of sp³-hybridized carbons (Fsp3) is 0.778. The summed E-state index contributed by atoms with van der Waals surface area (Å²) in [6.07, 6.45) is 2.14. The summed E-state index contributed by atoms with van der Waals surface area (Å²) in [5.41, 5.74) is 2.16. The van der Waals surface area contributed by atoms with E-state index >= 15 is 0 Å². The summed E-state index contributed by atoms with van der Waals surface area (Å²) in [4.78, 5) is 17.2. The van der Waals surface area contributed by atoms with Crippen LogP contribution in [0.5, 0.6) is 0 Å². The van der Waals surface area contributed by atoms with Crippen LogP contribution < -0.4 is 0 Å². The topological polar surface area (TPSA) is 58.8 Å². The van der Waals surface area contributed by atoms with Gasteiger partial charge in [0.25, 0.3) is 0 Å². The van der Waals surface area contributed by atoms with Crippen LogP contribution in [-0.4, -0.2) is 59.3 Å². The van der Waals surface area contributed by atoms with Crippen LogP contribution in [-0.2, 0) is 16.1 Å². The Morgan fingerprint density at radius 1 is 1.17 bits per heavy atom. The van der Waals surface area contributed by atoms with Crippen LogP contribution in [0.25, 0.3) is 0 Å². The molecule has 0 aromatic carbocycles. The van der Waals surface area contributed by atoms with Gasteiger partial charge in [0.05, 0.1) is 17.9 Å². The monoisotopic (exact) mass is 335 g/mol. The van der Waals surface area contributed by atoms with Gasteiger partial charge in [-0.15, -0.1) is 0 Å². The van der Waals surface area contributed by atoms with Crippen molar-refractivity contribution in [3.8, 4) is 0 Å². The zero-order valence-corrected chi connectivity index (χ0v) is 15.2. The Labute approximate surface area is 144 Å². The molecule has 0 saturated carbocycles. The number of likely N-dealkylation sites (tertiary alicyclic amines) is 1. The summed E-state index contributed by atoms with van der Waals surface area (Å²) in [5, 5.41) is 4.03. The molecule has 2 fully saturated rings. The first kappa shape index (κ1) is 17.4. The minimum absolute atomic E-state index is 0.136. The molecule has 0 aliphatic carbocycles. The number of piperidine rings is 1. The first-order chi connectivity index (χ1) is 11.4. The molecule has 2 aliphatic heterocycles. The number of rotatable bonds is 3. The molecule has 3 rings (SSSR count). The quantitative estimate of drug-likeness (QED) is 0.847. The fourth-order valence-corrected chi connectivity index (χ4v) is 3.91. The van der Waals surface area contributed by atoms with Crippen molar-refractivity contribution in [2.45, 2.75) is 59.3 Å². The first-order valence-corrected chi connectivity index (χ1v) is 9.02. The second kappa shape index (κ2) is 7.23. The second-order valence-corrected chi connectivity index (χ2v) is 7.35. The molecule has 24 heavy (non-hydrogen) atoms. The van der Waals surface area contributed by atoms with Gasteiger partial charge in [0, 0.05) is 31.1 Å². The molecule has 1 aromatic rings. The van der Waals surface area contributed by atoms with Gasteiger partial charge in [0.1, 0.15) is 5.76 Å². The van der Waals surface area contributed by atoms with Gasteiger partial charge in [-0.2, -0.15) is 0 Å². The summed E-state index contributed by atoms with van der Waals surface area (Å²) < 4.78 is 11.0. The summed E-state index contributed by atoms with van der Waals surface area (Å²) in [7, 11) is 0. The highest BCUT2D eigenvalue weighted by Gasteiger charge is 2.32. The molecule has 0 bridgehead atoms. The van der Waals surface area contributed by atoms with Gasteiger partial charge in [-0.05, 0) is 53.6 Å². The van der Waals surface area contributed by atoms with E-state index in [-0.39, 0.29) is 18.1 Å². The molecule has 1 aromatic heterocycles. The molecule has 1 amide bonds. The Balaban J connectivity index is 1.52. The SMILES string of the molecule is Cc1noc(C)c1CN1CCC(C(=O)N2C[C@@H](C)O[C@@H](C)C2)CC1. The van der Waals surface area contributed by atoms with Crippen LogP contribution in [0.15, 0.2) is 4.52 Å². The highest BCUT2D eigenvalue weighted by molar-refractivity contribution is 5.79. The minimum atomic E-state index is 0.136. The molecule has 6 heteroatoms. The number of amides is 1. The zero-order valence-electron chi connectivity index (χ0n) is 15.2. The largest absolute Gasteiger partial charge is 0.372 e. The van der Waals surface area contributed by atoms with E-state index in [0.717, 1.165) is 57.0 Å². The van der Waals surface area contributed by atoms with Crippen LogP contribution in [0, 0.1) is 19.8 Å². The van der Waals surface area contributed by atoms with Crippen molar-refractivity contribution in [3.05, 3.63) is 17.0 Å². The van der Waals surface area contributed by atoms with Crippen molar-refractivity contribution in [2.75, 3.05) is 26.2 Å². The molecule has 2 saturated heterocycles. The lowest BCUT2D eigenvalue weighted by Gasteiger charge is -2.39. The standard InChI is InChI=1S/C18H29N3O3/c1-12-9-21(10-13(2)23-12)18(22)16-5-7-20(8-6-16)11-17-14(3)19-24-15(17)4/h12-13,16H,5-11H2,1-4H3/t12-,13+. The number of morpholine rings is 1. The Morgan fingerprint density at radius 2 is 1.79 bits per heavy atom. The average Bonchev–Trinajstić information content (AvgIpc) is 2.86. The predicted molar refractivity (Wildman–Crippen MR) is 90.6 cm³/mol. The molecule has 2 atom stereocenters. The van der Waals surface area contributed by atoms with Crippen LogP contribution in [0.2, 0.25) is 0 Å². The molecular weight excluding hydrogens is 306 g/mol. The lowest BCUT2D eigenvalue weighted by atomic mass is 9.94. The number of hydrogen-bond donors (Lipinski definition) is 0. The Bertz CT molecular complexity index is 549. The van der Waals surface area contributed by atoms with Crippen molar-refractivity contribution in [1.82, 2.24) is 15.0 Å². The highest BCUT2D eigenvalue weighted by Crippen LogP contribution is 2.24. The van der Waals surface area contributed by atoms with Gasteiger partial charge in [0.15, 0.2) is 0 Å². The Morgan fingerprint density at radius 3 is 2.33 bits per heavy atom. The van der Waals surface area contributed by atoms with E-state index in [1.165, 1.54) is 5.56 Å². The van der Waals surface area contributed by atoms with Gasteiger partial charge in [-0.25, -0.2) is 0 Å². The van der Waals surface area contributed by atoms with Crippen molar-refractivity contribution >= 4 is 5.91 Å². The third-order valence-electron chi connectivity index (χ3n) is 5.23. The van der Waals surface area contributed by atoms with Gasteiger partial charge in [0.2, 0.25) is 5.91 Å². The molecule has 0 spiro atoms. The third kappa shape index (κ3) is 3.81. The van der Waals surface area contributed by atoms with E-state index in [2.05, 4.69) is 10.1 Å². The summed E-state index contributed by atoms with van der Waals surface area (Å²) >= 11 is 0. The fourth-order valence-electron chi connectivity index (χ4n) is 3.91. The molecule has 0 N–H and O–H groups in total. The van der Waals surface area contributed by atoms with Crippen molar-refractivity contribution in [1.29, 1.82) is 0 Å². The average molecular weight is 335 g/mol. The number of aromatic nitrogens is 1.